The van der Waals surface area contributed by atoms with Gasteiger partial charge in [0, 0.05) is 6.20 Å². The zero-order valence-electron chi connectivity index (χ0n) is 10.9. The summed E-state index contributed by atoms with van der Waals surface area (Å²) in [5.74, 6) is 3.15. The van der Waals surface area contributed by atoms with Crippen LogP contribution in [-0.2, 0) is 4.74 Å². The molecule has 0 radical (unpaired) electrons. The maximum atomic E-state index is 11.7. The van der Waals surface area contributed by atoms with Crippen molar-refractivity contribution < 1.29 is 9.53 Å². The molecule has 1 aliphatic heterocycles. The van der Waals surface area contributed by atoms with Crippen molar-refractivity contribution in [3.63, 3.8) is 0 Å². The molecule has 0 saturated carbocycles. The summed E-state index contributed by atoms with van der Waals surface area (Å²) in [7, 11) is -1.42. The van der Waals surface area contributed by atoms with Crippen molar-refractivity contribution in [2.75, 3.05) is 6.61 Å². The number of carbonyl (C=O) groups excluding carboxylic acids is 1. The van der Waals surface area contributed by atoms with E-state index in [1.165, 1.54) is 4.90 Å². The summed E-state index contributed by atoms with van der Waals surface area (Å²) in [6.45, 7) is 8.70. The molecule has 1 aliphatic rings. The summed E-state index contributed by atoms with van der Waals surface area (Å²) in [5, 5.41) is 0. The zero-order chi connectivity index (χ0) is 12.9. The van der Waals surface area contributed by atoms with Gasteiger partial charge in [0.05, 0.1) is 6.61 Å². The Balaban J connectivity index is 2.81. The van der Waals surface area contributed by atoms with Gasteiger partial charge in [0.25, 0.3) is 0 Å². The predicted molar refractivity (Wildman–Crippen MR) is 72.1 cm³/mol. The fourth-order valence-corrected chi connectivity index (χ4v) is 1.86. The summed E-state index contributed by atoms with van der Waals surface area (Å²) in [4.78, 5) is 13.2. The number of allylic oxidation sites excluding steroid dienone is 2. The molecule has 1 heterocycles. The van der Waals surface area contributed by atoms with E-state index in [4.69, 9.17) is 4.74 Å². The standard InChI is InChI=1S/C13H19NO2Si/c1-5-16-13(15)14-10-7-6-8-12(14)9-11-17(2,3)4/h6-8,10,12H,5H2,1-4H3. The van der Waals surface area contributed by atoms with Crippen LogP contribution < -0.4 is 0 Å². The molecule has 0 saturated heterocycles. The van der Waals surface area contributed by atoms with Gasteiger partial charge in [-0.25, -0.2) is 4.79 Å². The molecule has 4 heteroatoms. The third kappa shape index (κ3) is 4.49. The molecular weight excluding hydrogens is 230 g/mol. The van der Waals surface area contributed by atoms with Crippen LogP contribution in [0.25, 0.3) is 0 Å². The summed E-state index contributed by atoms with van der Waals surface area (Å²) in [6, 6.07) is -0.203. The average Bonchev–Trinajstić information content (AvgIpc) is 2.26. The largest absolute Gasteiger partial charge is 0.449 e. The Morgan fingerprint density at radius 1 is 1.41 bits per heavy atom. The molecule has 3 nitrogen and oxygen atoms in total. The van der Waals surface area contributed by atoms with E-state index in [2.05, 4.69) is 31.1 Å². The minimum atomic E-state index is -1.42. The molecule has 1 unspecified atom stereocenters. The molecule has 0 aromatic heterocycles. The molecule has 1 atom stereocenters. The van der Waals surface area contributed by atoms with Crippen LogP contribution in [0.3, 0.4) is 0 Å². The van der Waals surface area contributed by atoms with Crippen LogP contribution in [0.4, 0.5) is 4.79 Å². The molecule has 0 aliphatic carbocycles. The minimum Gasteiger partial charge on any atom is -0.449 e. The van der Waals surface area contributed by atoms with Gasteiger partial charge in [-0.3, -0.25) is 4.90 Å². The Morgan fingerprint density at radius 3 is 2.71 bits per heavy atom. The quantitative estimate of drug-likeness (QED) is 0.528. The molecule has 0 aromatic rings. The number of rotatable bonds is 1. The number of ether oxygens (including phenoxy) is 1. The second-order valence-corrected chi connectivity index (χ2v) is 9.55. The van der Waals surface area contributed by atoms with Crippen LogP contribution in [0.2, 0.25) is 19.6 Å². The van der Waals surface area contributed by atoms with Gasteiger partial charge in [0.2, 0.25) is 0 Å². The summed E-state index contributed by atoms with van der Waals surface area (Å²) in [5.41, 5.74) is 3.27. The van der Waals surface area contributed by atoms with E-state index in [1.54, 1.807) is 13.1 Å². The van der Waals surface area contributed by atoms with Gasteiger partial charge in [-0.05, 0) is 19.1 Å². The molecule has 0 bridgehead atoms. The average molecular weight is 249 g/mol. The highest BCUT2D eigenvalue weighted by Crippen LogP contribution is 2.10. The van der Waals surface area contributed by atoms with Crippen molar-refractivity contribution in [1.82, 2.24) is 4.90 Å². The van der Waals surface area contributed by atoms with E-state index in [9.17, 15) is 4.79 Å². The molecule has 17 heavy (non-hydrogen) atoms. The molecule has 0 spiro atoms. The number of hydrogen-bond acceptors (Lipinski definition) is 2. The minimum absolute atomic E-state index is 0.203. The smallest absolute Gasteiger partial charge is 0.415 e. The molecule has 0 N–H and O–H groups in total. The second-order valence-electron chi connectivity index (χ2n) is 4.80. The first kappa shape index (κ1) is 13.6. The molecule has 0 aromatic carbocycles. The van der Waals surface area contributed by atoms with Crippen molar-refractivity contribution in [2.24, 2.45) is 0 Å². The van der Waals surface area contributed by atoms with Crippen molar-refractivity contribution in [1.29, 1.82) is 0 Å². The predicted octanol–water partition coefficient (Wildman–Crippen LogP) is 2.78. The Kier molecular flexibility index (Phi) is 4.59. The van der Waals surface area contributed by atoms with E-state index in [0.717, 1.165) is 0 Å². The van der Waals surface area contributed by atoms with Crippen molar-refractivity contribution in [3.05, 3.63) is 24.4 Å². The van der Waals surface area contributed by atoms with Gasteiger partial charge in [-0.1, -0.05) is 31.6 Å². The fourth-order valence-electron chi connectivity index (χ4n) is 1.28. The first-order valence-electron chi connectivity index (χ1n) is 5.77. The van der Waals surface area contributed by atoms with Gasteiger partial charge in [-0.15, -0.1) is 5.54 Å². The van der Waals surface area contributed by atoms with E-state index in [0.29, 0.717) is 6.61 Å². The summed E-state index contributed by atoms with van der Waals surface area (Å²) >= 11 is 0. The maximum absolute atomic E-state index is 11.7. The maximum Gasteiger partial charge on any atom is 0.415 e. The highest BCUT2D eigenvalue weighted by molar-refractivity contribution is 6.83. The molecule has 1 rings (SSSR count). The monoisotopic (exact) mass is 249 g/mol. The van der Waals surface area contributed by atoms with Gasteiger partial charge in [0.15, 0.2) is 0 Å². The van der Waals surface area contributed by atoms with Gasteiger partial charge in [0.1, 0.15) is 14.1 Å². The third-order valence-electron chi connectivity index (χ3n) is 2.02. The molecule has 0 fully saturated rings. The Labute approximate surface area is 104 Å². The van der Waals surface area contributed by atoms with E-state index in [-0.39, 0.29) is 12.1 Å². The molecule has 1 amide bonds. The second kappa shape index (κ2) is 5.74. The first-order chi connectivity index (χ1) is 7.94. The van der Waals surface area contributed by atoms with Gasteiger partial charge >= 0.3 is 6.09 Å². The molecule has 92 valence electrons. The lowest BCUT2D eigenvalue weighted by molar-refractivity contribution is 0.120. The van der Waals surface area contributed by atoms with E-state index >= 15 is 0 Å². The lowest BCUT2D eigenvalue weighted by atomic mass is 10.2. The van der Waals surface area contributed by atoms with Crippen LogP contribution in [0.1, 0.15) is 6.92 Å². The van der Waals surface area contributed by atoms with E-state index in [1.807, 2.05) is 18.2 Å². The van der Waals surface area contributed by atoms with Crippen molar-refractivity contribution in [3.8, 4) is 11.5 Å². The van der Waals surface area contributed by atoms with Crippen molar-refractivity contribution >= 4 is 14.2 Å². The highest BCUT2D eigenvalue weighted by Gasteiger charge is 2.21. The lowest BCUT2D eigenvalue weighted by Crippen LogP contribution is -2.36. The summed E-state index contributed by atoms with van der Waals surface area (Å²) in [6.07, 6.45) is 6.98. The Hall–Kier alpha value is -1.47. The number of amides is 1. The van der Waals surface area contributed by atoms with Crippen LogP contribution in [0.5, 0.6) is 0 Å². The Morgan fingerprint density at radius 2 is 2.12 bits per heavy atom. The van der Waals surface area contributed by atoms with E-state index < -0.39 is 8.07 Å². The molecular formula is C13H19NO2Si. The zero-order valence-corrected chi connectivity index (χ0v) is 11.9. The number of nitrogens with zero attached hydrogens (tertiary/aromatic N) is 1. The van der Waals surface area contributed by atoms with Gasteiger partial charge in [-0.2, -0.15) is 0 Å². The highest BCUT2D eigenvalue weighted by atomic mass is 28.3. The lowest BCUT2D eigenvalue weighted by Gasteiger charge is -2.24. The number of carbonyl (C=O) groups is 1. The van der Waals surface area contributed by atoms with Crippen LogP contribution in [-0.4, -0.2) is 31.7 Å². The third-order valence-corrected chi connectivity index (χ3v) is 2.92. The fraction of sp³-hybridized carbons (Fsp3) is 0.462. The van der Waals surface area contributed by atoms with Crippen LogP contribution in [0, 0.1) is 11.5 Å². The SMILES string of the molecule is CCOC(=O)N1C=CC=CC1C#C[Si](C)(C)C. The Bertz CT molecular complexity index is 396. The van der Waals surface area contributed by atoms with Crippen LogP contribution in [0.15, 0.2) is 24.4 Å². The normalized spacial score (nSPS) is 18.6. The summed E-state index contributed by atoms with van der Waals surface area (Å²) < 4.78 is 4.99. The van der Waals surface area contributed by atoms with Crippen LogP contribution >= 0.6 is 0 Å². The topological polar surface area (TPSA) is 29.5 Å². The first-order valence-corrected chi connectivity index (χ1v) is 9.27. The number of hydrogen-bond donors (Lipinski definition) is 0. The van der Waals surface area contributed by atoms with Crippen molar-refractivity contribution in [2.45, 2.75) is 32.6 Å². The van der Waals surface area contributed by atoms with Gasteiger partial charge < -0.3 is 4.74 Å².